The second kappa shape index (κ2) is 7.30. The van der Waals surface area contributed by atoms with Crippen LogP contribution in [-0.4, -0.2) is 10.2 Å². The first kappa shape index (κ1) is 15.6. The molecule has 1 fully saturated rings. The molecule has 1 atom stereocenters. The summed E-state index contributed by atoms with van der Waals surface area (Å²) in [6, 6.07) is 12.3. The molecule has 3 rings (SSSR count). The predicted molar refractivity (Wildman–Crippen MR) is 94.2 cm³/mol. The van der Waals surface area contributed by atoms with Gasteiger partial charge in [-0.3, -0.25) is 0 Å². The Morgan fingerprint density at radius 2 is 1.82 bits per heavy atom. The van der Waals surface area contributed by atoms with Crippen molar-refractivity contribution in [2.24, 2.45) is 5.73 Å². The molecule has 0 radical (unpaired) electrons. The normalized spacial score (nSPS) is 17.4. The zero-order valence-corrected chi connectivity index (χ0v) is 14.0. The van der Waals surface area contributed by atoms with Crippen LogP contribution in [0.5, 0.6) is 0 Å². The third-order valence-corrected chi connectivity index (χ3v) is 5.86. The lowest BCUT2D eigenvalue weighted by atomic mass is 10.0. The second-order valence-corrected chi connectivity index (χ2v) is 7.45. The highest BCUT2D eigenvalue weighted by atomic mass is 32.2. The number of nitrogens with zero attached hydrogens (tertiary/aromatic N) is 1. The molecule has 0 amide bonds. The van der Waals surface area contributed by atoms with Crippen molar-refractivity contribution in [2.45, 2.75) is 55.3 Å². The van der Waals surface area contributed by atoms with Crippen LogP contribution in [0.4, 0.5) is 0 Å². The summed E-state index contributed by atoms with van der Waals surface area (Å²) >= 11 is 1.96. The van der Waals surface area contributed by atoms with Crippen molar-refractivity contribution in [3.8, 4) is 0 Å². The summed E-state index contributed by atoms with van der Waals surface area (Å²) in [4.78, 5) is 4.70. The van der Waals surface area contributed by atoms with E-state index in [4.69, 9.17) is 10.7 Å². The highest BCUT2D eigenvalue weighted by Gasteiger charge is 2.17. The largest absolute Gasteiger partial charge is 0.320 e. The molecule has 1 aliphatic rings. The van der Waals surface area contributed by atoms with Gasteiger partial charge in [0.2, 0.25) is 0 Å². The van der Waals surface area contributed by atoms with Crippen LogP contribution in [-0.2, 0) is 0 Å². The molecule has 2 aromatic rings. The lowest BCUT2D eigenvalue weighted by Gasteiger charge is -2.21. The van der Waals surface area contributed by atoms with Crippen LogP contribution >= 0.6 is 11.8 Å². The molecule has 0 spiro atoms. The quantitative estimate of drug-likeness (QED) is 0.876. The number of rotatable bonds is 4. The summed E-state index contributed by atoms with van der Waals surface area (Å²) in [6.45, 7) is 2.15. The second-order valence-electron chi connectivity index (χ2n) is 6.16. The van der Waals surface area contributed by atoms with Crippen molar-refractivity contribution in [3.63, 3.8) is 0 Å². The molecule has 2 N–H and O–H groups in total. The highest BCUT2D eigenvalue weighted by molar-refractivity contribution is 7.99. The average Bonchev–Trinajstić information content (AvgIpc) is 2.58. The van der Waals surface area contributed by atoms with Crippen molar-refractivity contribution >= 4 is 11.8 Å². The minimum atomic E-state index is -0.0962. The Labute approximate surface area is 137 Å². The van der Waals surface area contributed by atoms with Gasteiger partial charge in [0.15, 0.2) is 0 Å². The molecule has 0 aliphatic heterocycles. The Kier molecular flexibility index (Phi) is 5.16. The average molecular weight is 312 g/mol. The number of pyridine rings is 1. The van der Waals surface area contributed by atoms with Crippen LogP contribution in [0.15, 0.2) is 47.6 Å². The number of aryl methyl sites for hydroxylation is 1. The monoisotopic (exact) mass is 312 g/mol. The van der Waals surface area contributed by atoms with Gasteiger partial charge in [0, 0.05) is 11.4 Å². The van der Waals surface area contributed by atoms with Gasteiger partial charge in [0.05, 0.1) is 11.1 Å². The molecule has 2 nitrogen and oxygen atoms in total. The van der Waals surface area contributed by atoms with Crippen molar-refractivity contribution in [1.29, 1.82) is 0 Å². The van der Waals surface area contributed by atoms with E-state index in [0.717, 1.165) is 16.4 Å². The van der Waals surface area contributed by atoms with Crippen LogP contribution in [0, 0.1) is 6.92 Å². The third kappa shape index (κ3) is 3.71. The van der Waals surface area contributed by atoms with Gasteiger partial charge in [-0.15, -0.1) is 11.8 Å². The van der Waals surface area contributed by atoms with Crippen molar-refractivity contribution < 1.29 is 0 Å². The van der Waals surface area contributed by atoms with Gasteiger partial charge in [-0.25, -0.2) is 4.98 Å². The Balaban J connectivity index is 1.74. The first-order valence-electron chi connectivity index (χ1n) is 8.18. The van der Waals surface area contributed by atoms with Crippen LogP contribution in [0.3, 0.4) is 0 Å². The molecular weight excluding hydrogens is 288 g/mol. The molecular formula is C19H24N2S. The van der Waals surface area contributed by atoms with Crippen LogP contribution in [0.1, 0.15) is 54.8 Å². The topological polar surface area (TPSA) is 38.9 Å². The van der Waals surface area contributed by atoms with E-state index in [1.165, 1.54) is 42.7 Å². The fourth-order valence-corrected chi connectivity index (χ4v) is 4.31. The Hall–Kier alpha value is -1.32. The molecule has 0 saturated heterocycles. The molecule has 1 aromatic heterocycles. The minimum absolute atomic E-state index is 0.0962. The summed E-state index contributed by atoms with van der Waals surface area (Å²) in [5.41, 5.74) is 9.85. The van der Waals surface area contributed by atoms with Crippen molar-refractivity contribution in [3.05, 3.63) is 59.3 Å². The van der Waals surface area contributed by atoms with E-state index < -0.39 is 0 Å². The highest BCUT2D eigenvalue weighted by Crippen LogP contribution is 2.34. The fourth-order valence-electron chi connectivity index (χ4n) is 3.07. The third-order valence-electron chi connectivity index (χ3n) is 4.40. The van der Waals surface area contributed by atoms with E-state index in [2.05, 4.69) is 25.1 Å². The SMILES string of the molecule is Cc1cc([C@@H](N)c2ccccc2)cnc1SC1CCCCC1. The van der Waals surface area contributed by atoms with Crippen LogP contribution in [0.2, 0.25) is 0 Å². The van der Waals surface area contributed by atoms with Crippen LogP contribution < -0.4 is 5.73 Å². The van der Waals surface area contributed by atoms with E-state index in [-0.39, 0.29) is 6.04 Å². The fraction of sp³-hybridized carbons (Fsp3) is 0.421. The van der Waals surface area contributed by atoms with Gasteiger partial charge in [-0.1, -0.05) is 49.6 Å². The first-order chi connectivity index (χ1) is 10.7. The summed E-state index contributed by atoms with van der Waals surface area (Å²) in [5, 5.41) is 1.92. The number of thioether (sulfide) groups is 1. The molecule has 22 heavy (non-hydrogen) atoms. The minimum Gasteiger partial charge on any atom is -0.320 e. The molecule has 1 aromatic carbocycles. The number of hydrogen-bond acceptors (Lipinski definition) is 3. The lowest BCUT2D eigenvalue weighted by Crippen LogP contribution is -2.13. The maximum absolute atomic E-state index is 6.37. The Morgan fingerprint density at radius 3 is 2.50 bits per heavy atom. The van der Waals surface area contributed by atoms with E-state index in [1.54, 1.807) is 0 Å². The van der Waals surface area contributed by atoms with Gasteiger partial charge in [0.1, 0.15) is 0 Å². The first-order valence-corrected chi connectivity index (χ1v) is 9.06. The van der Waals surface area contributed by atoms with Crippen LogP contribution in [0.25, 0.3) is 0 Å². The standard InChI is InChI=1S/C19H24N2S/c1-14-12-16(18(20)15-8-4-2-5-9-15)13-21-19(14)22-17-10-6-3-7-11-17/h2,4-5,8-9,12-13,17-18H,3,6-7,10-11,20H2,1H3/t18-/m0/s1. The summed E-state index contributed by atoms with van der Waals surface area (Å²) in [6.07, 6.45) is 8.75. The smallest absolute Gasteiger partial charge is 0.0991 e. The Morgan fingerprint density at radius 1 is 1.09 bits per heavy atom. The predicted octanol–water partition coefficient (Wildman–Crippen LogP) is 4.86. The molecule has 0 bridgehead atoms. The molecule has 0 unspecified atom stereocenters. The molecule has 1 heterocycles. The zero-order chi connectivity index (χ0) is 15.4. The summed E-state index contributed by atoms with van der Waals surface area (Å²) in [7, 11) is 0. The molecule has 1 saturated carbocycles. The lowest BCUT2D eigenvalue weighted by molar-refractivity contribution is 0.515. The molecule has 116 valence electrons. The zero-order valence-electron chi connectivity index (χ0n) is 13.2. The van der Waals surface area contributed by atoms with Gasteiger partial charge >= 0.3 is 0 Å². The number of aromatic nitrogens is 1. The number of hydrogen-bond donors (Lipinski definition) is 1. The van der Waals surface area contributed by atoms with E-state index in [0.29, 0.717) is 0 Å². The molecule has 3 heteroatoms. The molecule has 1 aliphatic carbocycles. The van der Waals surface area contributed by atoms with Gasteiger partial charge in [0.25, 0.3) is 0 Å². The van der Waals surface area contributed by atoms with E-state index in [1.807, 2.05) is 36.2 Å². The number of nitrogens with two attached hydrogens (primary N) is 1. The van der Waals surface area contributed by atoms with Crippen molar-refractivity contribution in [1.82, 2.24) is 4.98 Å². The van der Waals surface area contributed by atoms with E-state index in [9.17, 15) is 0 Å². The summed E-state index contributed by atoms with van der Waals surface area (Å²) in [5.74, 6) is 0. The maximum atomic E-state index is 6.37. The maximum Gasteiger partial charge on any atom is 0.0991 e. The van der Waals surface area contributed by atoms with E-state index >= 15 is 0 Å². The number of benzene rings is 1. The summed E-state index contributed by atoms with van der Waals surface area (Å²) < 4.78 is 0. The van der Waals surface area contributed by atoms with Gasteiger partial charge in [-0.05, 0) is 42.5 Å². The van der Waals surface area contributed by atoms with Gasteiger partial charge in [-0.2, -0.15) is 0 Å². The Bertz CT molecular complexity index is 606. The van der Waals surface area contributed by atoms with Crippen molar-refractivity contribution in [2.75, 3.05) is 0 Å². The van der Waals surface area contributed by atoms with Gasteiger partial charge < -0.3 is 5.73 Å².